The number of aryl methyl sites for hydroxylation is 3. The van der Waals surface area contributed by atoms with E-state index in [9.17, 15) is 0 Å². The summed E-state index contributed by atoms with van der Waals surface area (Å²) in [7, 11) is 0. The number of halogens is 1. The van der Waals surface area contributed by atoms with E-state index in [1.54, 1.807) is 0 Å². The van der Waals surface area contributed by atoms with Crippen LogP contribution in [0.1, 0.15) is 38.1 Å². The summed E-state index contributed by atoms with van der Waals surface area (Å²) in [6.45, 7) is 7.72. The second kappa shape index (κ2) is 6.42. The van der Waals surface area contributed by atoms with Gasteiger partial charge in [-0.1, -0.05) is 26.0 Å². The van der Waals surface area contributed by atoms with Gasteiger partial charge < -0.3 is 4.57 Å². The molecule has 0 radical (unpaired) electrons. The first-order chi connectivity index (χ1) is 9.13. The van der Waals surface area contributed by atoms with E-state index in [0.717, 1.165) is 30.2 Å². The molecule has 0 aliphatic heterocycles. The van der Waals surface area contributed by atoms with Crippen molar-refractivity contribution in [2.75, 3.05) is 5.88 Å². The maximum absolute atomic E-state index is 5.91. The van der Waals surface area contributed by atoms with Crippen molar-refractivity contribution in [1.82, 2.24) is 9.55 Å². The Labute approximate surface area is 120 Å². The Morgan fingerprint density at radius 2 is 2.11 bits per heavy atom. The van der Waals surface area contributed by atoms with E-state index >= 15 is 0 Å². The van der Waals surface area contributed by atoms with Gasteiger partial charge in [-0.2, -0.15) is 0 Å². The van der Waals surface area contributed by atoms with Crippen molar-refractivity contribution >= 4 is 22.6 Å². The van der Waals surface area contributed by atoms with Gasteiger partial charge in [-0.3, -0.25) is 0 Å². The number of nitrogens with zero attached hydrogens (tertiary/aromatic N) is 2. The predicted molar refractivity (Wildman–Crippen MR) is 83.0 cm³/mol. The third-order valence-corrected chi connectivity index (χ3v) is 3.73. The number of para-hydroxylation sites is 1. The van der Waals surface area contributed by atoms with Crippen LogP contribution in [0.4, 0.5) is 0 Å². The van der Waals surface area contributed by atoms with Gasteiger partial charge in [-0.05, 0) is 37.3 Å². The van der Waals surface area contributed by atoms with E-state index in [1.165, 1.54) is 23.9 Å². The standard InChI is InChI=1S/C16H23ClN2/c1-12(2)6-5-11-19-14-8-4-7-13(3)16(14)18-15(19)9-10-17/h4,7-8,12H,5-6,9-11H2,1-3H3. The summed E-state index contributed by atoms with van der Waals surface area (Å²) in [6.07, 6.45) is 3.30. The van der Waals surface area contributed by atoms with E-state index in [1.807, 2.05) is 0 Å². The molecule has 0 N–H and O–H groups in total. The zero-order valence-electron chi connectivity index (χ0n) is 12.1. The third-order valence-electron chi connectivity index (χ3n) is 3.54. The third kappa shape index (κ3) is 3.30. The number of rotatable bonds is 6. The molecule has 0 fully saturated rings. The van der Waals surface area contributed by atoms with Crippen molar-refractivity contribution < 1.29 is 0 Å². The molecular formula is C16H23ClN2. The van der Waals surface area contributed by atoms with Gasteiger partial charge in [-0.25, -0.2) is 4.98 Å². The fourth-order valence-electron chi connectivity index (χ4n) is 2.52. The molecule has 0 saturated heterocycles. The van der Waals surface area contributed by atoms with E-state index in [2.05, 4.69) is 43.5 Å². The lowest BCUT2D eigenvalue weighted by Gasteiger charge is -2.10. The molecule has 0 aliphatic carbocycles. The summed E-state index contributed by atoms with van der Waals surface area (Å²) in [5, 5.41) is 0. The quantitative estimate of drug-likeness (QED) is 0.708. The van der Waals surface area contributed by atoms with Crippen molar-refractivity contribution in [2.24, 2.45) is 5.92 Å². The van der Waals surface area contributed by atoms with E-state index in [-0.39, 0.29) is 0 Å². The van der Waals surface area contributed by atoms with Crippen LogP contribution in [-0.2, 0) is 13.0 Å². The lowest BCUT2D eigenvalue weighted by Crippen LogP contribution is -2.05. The van der Waals surface area contributed by atoms with Gasteiger partial charge in [0.15, 0.2) is 0 Å². The Bertz CT molecular complexity index is 543. The van der Waals surface area contributed by atoms with Crippen molar-refractivity contribution in [2.45, 2.75) is 46.6 Å². The molecule has 0 saturated carbocycles. The summed E-state index contributed by atoms with van der Waals surface area (Å²) in [5.74, 6) is 2.52. The zero-order valence-corrected chi connectivity index (χ0v) is 12.9. The van der Waals surface area contributed by atoms with Crippen LogP contribution in [0.25, 0.3) is 11.0 Å². The van der Waals surface area contributed by atoms with E-state index in [4.69, 9.17) is 16.6 Å². The molecule has 19 heavy (non-hydrogen) atoms. The highest BCUT2D eigenvalue weighted by atomic mass is 35.5. The van der Waals surface area contributed by atoms with Gasteiger partial charge in [0.25, 0.3) is 0 Å². The fourth-order valence-corrected chi connectivity index (χ4v) is 2.69. The van der Waals surface area contributed by atoms with Gasteiger partial charge in [0.2, 0.25) is 0 Å². The Hall–Kier alpha value is -1.02. The summed E-state index contributed by atoms with van der Waals surface area (Å²) in [4.78, 5) is 4.78. The Morgan fingerprint density at radius 1 is 1.32 bits per heavy atom. The Morgan fingerprint density at radius 3 is 2.79 bits per heavy atom. The van der Waals surface area contributed by atoms with Gasteiger partial charge >= 0.3 is 0 Å². The minimum atomic E-state index is 0.631. The fraction of sp³-hybridized carbons (Fsp3) is 0.562. The second-order valence-electron chi connectivity index (χ2n) is 5.60. The van der Waals surface area contributed by atoms with E-state index in [0.29, 0.717) is 5.88 Å². The molecule has 1 aromatic heterocycles. The molecule has 0 unspecified atom stereocenters. The van der Waals surface area contributed by atoms with Crippen LogP contribution in [0.2, 0.25) is 0 Å². The molecule has 0 aliphatic rings. The SMILES string of the molecule is Cc1cccc2c1nc(CCCl)n2CCCC(C)C. The summed E-state index contributed by atoms with van der Waals surface area (Å²) < 4.78 is 2.35. The Balaban J connectivity index is 2.32. The Kier molecular flexibility index (Phi) is 4.87. The zero-order chi connectivity index (χ0) is 13.8. The van der Waals surface area contributed by atoms with Gasteiger partial charge in [0.05, 0.1) is 11.0 Å². The molecule has 2 aromatic rings. The average Bonchev–Trinajstić information content (AvgIpc) is 2.70. The van der Waals surface area contributed by atoms with Crippen LogP contribution in [-0.4, -0.2) is 15.4 Å². The first-order valence-corrected chi connectivity index (χ1v) is 7.67. The summed E-state index contributed by atoms with van der Waals surface area (Å²) >= 11 is 5.91. The maximum Gasteiger partial charge on any atom is 0.111 e. The number of alkyl halides is 1. The first kappa shape index (κ1) is 14.4. The van der Waals surface area contributed by atoms with Gasteiger partial charge in [0.1, 0.15) is 5.82 Å². The highest BCUT2D eigenvalue weighted by molar-refractivity contribution is 6.17. The highest BCUT2D eigenvalue weighted by Gasteiger charge is 2.11. The van der Waals surface area contributed by atoms with Crippen LogP contribution >= 0.6 is 11.6 Å². The minimum absolute atomic E-state index is 0.631. The average molecular weight is 279 g/mol. The smallest absolute Gasteiger partial charge is 0.111 e. The van der Waals surface area contributed by atoms with Crippen molar-refractivity contribution in [3.05, 3.63) is 29.6 Å². The van der Waals surface area contributed by atoms with Crippen LogP contribution < -0.4 is 0 Å². The van der Waals surface area contributed by atoms with Crippen LogP contribution in [0.15, 0.2) is 18.2 Å². The molecule has 1 aromatic carbocycles. The molecule has 0 atom stereocenters. The lowest BCUT2D eigenvalue weighted by atomic mass is 10.1. The number of fused-ring (bicyclic) bond motifs is 1. The monoisotopic (exact) mass is 278 g/mol. The number of hydrogen-bond acceptors (Lipinski definition) is 1. The lowest BCUT2D eigenvalue weighted by molar-refractivity contribution is 0.510. The van der Waals surface area contributed by atoms with Crippen LogP contribution in [0.3, 0.4) is 0 Å². The maximum atomic E-state index is 5.91. The largest absolute Gasteiger partial charge is 0.328 e. The van der Waals surface area contributed by atoms with Crippen LogP contribution in [0.5, 0.6) is 0 Å². The molecule has 0 spiro atoms. The second-order valence-corrected chi connectivity index (χ2v) is 5.98. The van der Waals surface area contributed by atoms with Gasteiger partial charge in [-0.15, -0.1) is 11.6 Å². The topological polar surface area (TPSA) is 17.8 Å². The van der Waals surface area contributed by atoms with Crippen LogP contribution in [0, 0.1) is 12.8 Å². The normalized spacial score (nSPS) is 11.6. The number of imidazole rings is 1. The summed E-state index contributed by atoms with van der Waals surface area (Å²) in [6, 6.07) is 6.41. The van der Waals surface area contributed by atoms with Crippen molar-refractivity contribution in [3.63, 3.8) is 0 Å². The molecule has 3 heteroatoms. The van der Waals surface area contributed by atoms with E-state index < -0.39 is 0 Å². The molecule has 0 bridgehead atoms. The van der Waals surface area contributed by atoms with Gasteiger partial charge in [0, 0.05) is 18.8 Å². The van der Waals surface area contributed by atoms with Crippen molar-refractivity contribution in [1.29, 1.82) is 0 Å². The molecule has 1 heterocycles. The molecule has 0 amide bonds. The molecule has 2 rings (SSSR count). The minimum Gasteiger partial charge on any atom is -0.328 e. The number of hydrogen-bond donors (Lipinski definition) is 0. The highest BCUT2D eigenvalue weighted by Crippen LogP contribution is 2.21. The number of benzene rings is 1. The molecule has 104 valence electrons. The summed E-state index contributed by atoms with van der Waals surface area (Å²) in [5.41, 5.74) is 3.63. The first-order valence-electron chi connectivity index (χ1n) is 7.14. The number of aromatic nitrogens is 2. The molecular weight excluding hydrogens is 256 g/mol. The molecule has 2 nitrogen and oxygen atoms in total. The van der Waals surface area contributed by atoms with Crippen molar-refractivity contribution in [3.8, 4) is 0 Å². The predicted octanol–water partition coefficient (Wildman–Crippen LogP) is 4.56.